The average Bonchev–Trinajstić information content (AvgIpc) is 2.88. The lowest BCUT2D eigenvalue weighted by Crippen LogP contribution is -2.28. The van der Waals surface area contributed by atoms with Gasteiger partial charge < -0.3 is 5.32 Å². The van der Waals surface area contributed by atoms with E-state index in [1.807, 2.05) is 0 Å². The van der Waals surface area contributed by atoms with Gasteiger partial charge in [0.2, 0.25) is 0 Å². The Bertz CT molecular complexity index is 932. The number of sulfone groups is 1. The Morgan fingerprint density at radius 3 is 2.42 bits per heavy atom. The molecule has 7 nitrogen and oxygen atoms in total. The van der Waals surface area contributed by atoms with Crippen LogP contribution >= 0.6 is 0 Å². The number of anilines is 1. The summed E-state index contributed by atoms with van der Waals surface area (Å²) in [6.45, 7) is 0. The van der Waals surface area contributed by atoms with E-state index >= 15 is 0 Å². The van der Waals surface area contributed by atoms with Crippen LogP contribution in [0.5, 0.6) is 0 Å². The smallest absolute Gasteiger partial charge is 0.367 e. The Balaban J connectivity index is 2.12. The highest BCUT2D eigenvalue weighted by Gasteiger charge is 2.40. The lowest BCUT2D eigenvalue weighted by Gasteiger charge is -2.27. The van der Waals surface area contributed by atoms with Gasteiger partial charge in [-0.1, -0.05) is 0 Å². The first-order valence-electron chi connectivity index (χ1n) is 7.69. The molecule has 11 heteroatoms. The van der Waals surface area contributed by atoms with Gasteiger partial charge in [-0.25, -0.2) is 13.4 Å². The molecule has 0 bridgehead atoms. The van der Waals surface area contributed by atoms with E-state index in [0.29, 0.717) is 0 Å². The molecule has 2 aromatic rings. The van der Waals surface area contributed by atoms with Crippen LogP contribution in [0.1, 0.15) is 35.3 Å². The van der Waals surface area contributed by atoms with Gasteiger partial charge in [0.25, 0.3) is 0 Å². The third kappa shape index (κ3) is 3.43. The quantitative estimate of drug-likeness (QED) is 0.791. The number of aromatic nitrogens is 3. The Morgan fingerprint density at radius 2 is 2.00 bits per heavy atom. The molecule has 0 saturated heterocycles. The summed E-state index contributed by atoms with van der Waals surface area (Å²) in [5, 5.41) is 6.43. The van der Waals surface area contributed by atoms with E-state index in [9.17, 15) is 26.4 Å². The number of hydrogen-bond donors (Lipinski definition) is 1. The molecule has 2 aromatic heterocycles. The first-order chi connectivity index (χ1) is 12.1. The molecule has 1 N–H and O–H groups in total. The van der Waals surface area contributed by atoms with Crippen molar-refractivity contribution in [2.75, 3.05) is 11.6 Å². The van der Waals surface area contributed by atoms with E-state index in [0.717, 1.165) is 36.4 Å². The second-order valence-corrected chi connectivity index (χ2v) is 8.05. The van der Waals surface area contributed by atoms with E-state index in [1.165, 1.54) is 12.1 Å². The van der Waals surface area contributed by atoms with E-state index in [1.54, 1.807) is 0 Å². The highest BCUT2D eigenvalue weighted by atomic mass is 32.2. The van der Waals surface area contributed by atoms with Crippen LogP contribution in [0.4, 0.5) is 19.0 Å². The predicted molar refractivity (Wildman–Crippen MR) is 86.1 cm³/mol. The van der Waals surface area contributed by atoms with Gasteiger partial charge in [-0.05, 0) is 31.4 Å². The highest BCUT2D eigenvalue weighted by molar-refractivity contribution is 7.90. The lowest BCUT2D eigenvalue weighted by molar-refractivity contribution is -0.141. The van der Waals surface area contributed by atoms with Crippen LogP contribution in [-0.4, -0.2) is 41.8 Å². The Kier molecular flexibility index (Phi) is 4.51. The molecule has 0 atom stereocenters. The van der Waals surface area contributed by atoms with Crippen LogP contribution in [0.15, 0.2) is 23.2 Å². The Morgan fingerprint density at radius 1 is 1.31 bits per heavy atom. The van der Waals surface area contributed by atoms with Crippen molar-refractivity contribution in [3.8, 4) is 5.82 Å². The summed E-state index contributed by atoms with van der Waals surface area (Å²) in [5.74, 6) is -0.130. The minimum absolute atomic E-state index is 0.0298. The van der Waals surface area contributed by atoms with Crippen LogP contribution in [0.25, 0.3) is 5.82 Å². The van der Waals surface area contributed by atoms with Gasteiger partial charge in [0.15, 0.2) is 27.6 Å². The van der Waals surface area contributed by atoms with Crippen molar-refractivity contribution in [2.24, 2.45) is 0 Å². The molecule has 1 fully saturated rings. The molecule has 140 valence electrons. The van der Waals surface area contributed by atoms with E-state index < -0.39 is 27.3 Å². The largest absolute Gasteiger partial charge is 0.435 e. The van der Waals surface area contributed by atoms with Crippen LogP contribution in [0, 0.1) is 0 Å². The standard InChI is InChI=1S/C15H15F3N4O3S/c1-26(24,25)10-5-6-12(19-7-10)22-14(20-9-3-2-4-9)11(8-23)13(21-22)15(16,17)18/h5-9,20H,2-4H2,1H3. The number of alkyl halides is 3. The molecule has 1 saturated carbocycles. The first kappa shape index (κ1) is 18.4. The summed E-state index contributed by atoms with van der Waals surface area (Å²) in [7, 11) is -3.50. The summed E-state index contributed by atoms with van der Waals surface area (Å²) in [5.41, 5.74) is -1.92. The maximum absolute atomic E-state index is 13.2. The van der Waals surface area contributed by atoms with Crippen molar-refractivity contribution < 1.29 is 26.4 Å². The van der Waals surface area contributed by atoms with Crippen molar-refractivity contribution in [2.45, 2.75) is 36.4 Å². The normalized spacial score (nSPS) is 15.5. The highest BCUT2D eigenvalue weighted by Crippen LogP contribution is 2.36. The predicted octanol–water partition coefficient (Wildman–Crippen LogP) is 2.47. The number of rotatable bonds is 5. The molecule has 0 amide bonds. The molecular formula is C15H15F3N4O3S. The number of nitrogens with one attached hydrogen (secondary N) is 1. The number of pyridine rings is 1. The minimum atomic E-state index is -4.82. The molecule has 26 heavy (non-hydrogen) atoms. The van der Waals surface area contributed by atoms with Gasteiger partial charge in [0.1, 0.15) is 5.82 Å². The summed E-state index contributed by atoms with van der Waals surface area (Å²) < 4.78 is 63.6. The third-order valence-electron chi connectivity index (χ3n) is 4.12. The number of nitrogens with zero attached hydrogens (tertiary/aromatic N) is 3. The zero-order chi connectivity index (χ0) is 19.1. The van der Waals surface area contributed by atoms with Gasteiger partial charge in [0.05, 0.1) is 10.5 Å². The topological polar surface area (TPSA) is 94.0 Å². The minimum Gasteiger partial charge on any atom is -0.367 e. The first-order valence-corrected chi connectivity index (χ1v) is 9.59. The maximum Gasteiger partial charge on any atom is 0.435 e. The van der Waals surface area contributed by atoms with Crippen molar-refractivity contribution in [1.29, 1.82) is 0 Å². The second-order valence-electron chi connectivity index (χ2n) is 6.03. The van der Waals surface area contributed by atoms with Crippen molar-refractivity contribution in [1.82, 2.24) is 14.8 Å². The van der Waals surface area contributed by atoms with Crippen LogP contribution in [0.2, 0.25) is 0 Å². The summed E-state index contributed by atoms with van der Waals surface area (Å²) in [6.07, 6.45) is -0.199. The molecule has 3 rings (SSSR count). The SMILES string of the molecule is CS(=O)(=O)c1ccc(-n2nc(C(F)(F)F)c(C=O)c2NC2CCC2)nc1. The van der Waals surface area contributed by atoms with Crippen LogP contribution in [-0.2, 0) is 16.0 Å². The summed E-state index contributed by atoms with van der Waals surface area (Å²) in [6, 6.07) is 2.41. The van der Waals surface area contributed by atoms with Gasteiger partial charge in [-0.2, -0.15) is 23.0 Å². The summed E-state index contributed by atoms with van der Waals surface area (Å²) >= 11 is 0. The molecule has 0 spiro atoms. The second kappa shape index (κ2) is 6.38. The van der Waals surface area contributed by atoms with E-state index in [2.05, 4.69) is 15.4 Å². The zero-order valence-corrected chi connectivity index (χ0v) is 14.4. The fraction of sp³-hybridized carbons (Fsp3) is 0.400. The Hall–Kier alpha value is -2.43. The fourth-order valence-electron chi connectivity index (χ4n) is 2.52. The summed E-state index contributed by atoms with van der Waals surface area (Å²) in [4.78, 5) is 15.1. The van der Waals surface area contributed by atoms with E-state index in [4.69, 9.17) is 0 Å². The van der Waals surface area contributed by atoms with Crippen LogP contribution in [0.3, 0.4) is 0 Å². The van der Waals surface area contributed by atoms with Crippen molar-refractivity contribution in [3.63, 3.8) is 0 Å². The zero-order valence-electron chi connectivity index (χ0n) is 13.6. The molecule has 1 aliphatic carbocycles. The monoisotopic (exact) mass is 388 g/mol. The average molecular weight is 388 g/mol. The van der Waals surface area contributed by atoms with Crippen molar-refractivity contribution in [3.05, 3.63) is 29.6 Å². The fourth-order valence-corrected chi connectivity index (χ4v) is 3.08. The molecule has 2 heterocycles. The number of carbonyl (C=O) groups is 1. The molecule has 0 aromatic carbocycles. The van der Waals surface area contributed by atoms with Gasteiger partial charge in [0, 0.05) is 18.5 Å². The van der Waals surface area contributed by atoms with Gasteiger partial charge >= 0.3 is 6.18 Å². The molecule has 0 unspecified atom stereocenters. The molecular weight excluding hydrogens is 373 g/mol. The number of hydrogen-bond acceptors (Lipinski definition) is 6. The van der Waals surface area contributed by atoms with Gasteiger partial charge in [-0.3, -0.25) is 4.79 Å². The Labute approximate surface area is 147 Å². The molecule has 1 aliphatic rings. The lowest BCUT2D eigenvalue weighted by atomic mass is 9.93. The number of carbonyl (C=O) groups excluding carboxylic acids is 1. The van der Waals surface area contributed by atoms with Gasteiger partial charge in [-0.15, -0.1) is 0 Å². The van der Waals surface area contributed by atoms with Crippen molar-refractivity contribution >= 4 is 21.9 Å². The number of halogens is 3. The van der Waals surface area contributed by atoms with Crippen LogP contribution < -0.4 is 5.32 Å². The number of aldehydes is 1. The molecule has 0 radical (unpaired) electrons. The molecule has 0 aliphatic heterocycles. The van der Waals surface area contributed by atoms with E-state index in [-0.39, 0.29) is 28.9 Å². The maximum atomic E-state index is 13.2. The third-order valence-corrected chi connectivity index (χ3v) is 5.22.